The van der Waals surface area contributed by atoms with E-state index in [0.717, 1.165) is 0 Å². The topological polar surface area (TPSA) is 231 Å². The molecule has 29 heavy (non-hydrogen) atoms. The summed E-state index contributed by atoms with van der Waals surface area (Å²) >= 11 is 1.37. The number of hydrogen-bond donors (Lipinski definition) is 7. The number of carbonyl (C=O) groups is 6. The van der Waals surface area contributed by atoms with Gasteiger partial charge in [0.25, 0.3) is 0 Å². The van der Waals surface area contributed by atoms with Crippen LogP contribution in [0.2, 0.25) is 0 Å². The number of carboxylic acid groups (broad SMARTS) is 2. The van der Waals surface area contributed by atoms with Gasteiger partial charge >= 0.3 is 11.9 Å². The number of carboxylic acids is 2. The number of primary amides is 1. The molecule has 0 rings (SSSR count). The van der Waals surface area contributed by atoms with Gasteiger partial charge in [0.1, 0.15) is 18.6 Å². The molecule has 0 aromatic rings. The van der Waals surface area contributed by atoms with Gasteiger partial charge in [-0.1, -0.05) is 0 Å². The third-order valence-corrected chi connectivity index (χ3v) is 4.07. The third kappa shape index (κ3) is 11.5. The number of hydrogen-bond acceptors (Lipinski definition) is 8. The van der Waals surface area contributed by atoms with E-state index in [2.05, 4.69) is 16.0 Å². The second-order valence-corrected chi connectivity index (χ2v) is 6.88. The molecule has 0 bridgehead atoms. The minimum atomic E-state index is -1.50. The van der Waals surface area contributed by atoms with Crippen molar-refractivity contribution < 1.29 is 39.0 Å². The van der Waals surface area contributed by atoms with Crippen LogP contribution in [0.15, 0.2) is 0 Å². The van der Waals surface area contributed by atoms with Crippen LogP contribution in [0.3, 0.4) is 0 Å². The Kier molecular flexibility index (Phi) is 12.0. The minimum absolute atomic E-state index is 0.147. The highest BCUT2D eigenvalue weighted by Crippen LogP contribution is 2.03. The zero-order chi connectivity index (χ0) is 22.6. The van der Waals surface area contributed by atoms with Crippen LogP contribution in [0, 0.1) is 0 Å². The molecular formula is C15H25N5O8S. The summed E-state index contributed by atoms with van der Waals surface area (Å²) in [5, 5.41) is 23.9. The molecule has 3 atom stereocenters. The molecule has 0 aliphatic rings. The van der Waals surface area contributed by atoms with Gasteiger partial charge in [0, 0.05) is 0 Å². The van der Waals surface area contributed by atoms with E-state index in [9.17, 15) is 28.8 Å². The van der Waals surface area contributed by atoms with Crippen LogP contribution < -0.4 is 27.4 Å². The minimum Gasteiger partial charge on any atom is -0.481 e. The smallest absolute Gasteiger partial charge is 0.322 e. The zero-order valence-electron chi connectivity index (χ0n) is 15.7. The largest absolute Gasteiger partial charge is 0.481 e. The van der Waals surface area contributed by atoms with Gasteiger partial charge in [0.2, 0.25) is 23.6 Å². The molecule has 0 radical (unpaired) electrons. The molecule has 0 heterocycles. The first kappa shape index (κ1) is 26.1. The summed E-state index contributed by atoms with van der Waals surface area (Å²) < 4.78 is 0. The SMILES string of the molecule is CSCCC(NC(=O)C(CC(N)=O)NC(=O)C(N)CC(=O)O)C(=O)NCC(=O)O. The summed E-state index contributed by atoms with van der Waals surface area (Å²) in [7, 11) is 0. The van der Waals surface area contributed by atoms with Crippen LogP contribution in [0.25, 0.3) is 0 Å². The molecule has 14 heteroatoms. The van der Waals surface area contributed by atoms with Gasteiger partial charge in [-0.25, -0.2) is 0 Å². The number of nitrogens with two attached hydrogens (primary N) is 2. The Bertz CT molecular complexity index is 644. The highest BCUT2D eigenvalue weighted by molar-refractivity contribution is 7.98. The first-order valence-corrected chi connectivity index (χ1v) is 9.72. The predicted molar refractivity (Wildman–Crippen MR) is 102 cm³/mol. The summed E-state index contributed by atoms with van der Waals surface area (Å²) in [6, 6.07) is -4.10. The lowest BCUT2D eigenvalue weighted by Crippen LogP contribution is -2.57. The molecule has 0 fully saturated rings. The lowest BCUT2D eigenvalue weighted by atomic mass is 10.1. The Morgan fingerprint density at radius 1 is 0.897 bits per heavy atom. The van der Waals surface area contributed by atoms with Crippen molar-refractivity contribution in [3.8, 4) is 0 Å². The van der Waals surface area contributed by atoms with E-state index in [1.54, 1.807) is 6.26 Å². The predicted octanol–water partition coefficient (Wildman–Crippen LogP) is -3.41. The molecule has 0 aliphatic carbocycles. The average Bonchev–Trinajstić information content (AvgIpc) is 2.61. The third-order valence-electron chi connectivity index (χ3n) is 3.43. The van der Waals surface area contributed by atoms with E-state index in [1.165, 1.54) is 11.8 Å². The van der Waals surface area contributed by atoms with Crippen LogP contribution in [0.4, 0.5) is 0 Å². The fourth-order valence-corrected chi connectivity index (χ4v) is 2.50. The fraction of sp³-hybridized carbons (Fsp3) is 0.600. The molecule has 13 nitrogen and oxygen atoms in total. The number of aliphatic carboxylic acids is 2. The van der Waals surface area contributed by atoms with Crippen LogP contribution >= 0.6 is 11.8 Å². The molecule has 0 saturated heterocycles. The highest BCUT2D eigenvalue weighted by Gasteiger charge is 2.29. The van der Waals surface area contributed by atoms with Crippen LogP contribution in [-0.2, 0) is 28.8 Å². The van der Waals surface area contributed by atoms with E-state index < -0.39 is 73.1 Å². The van der Waals surface area contributed by atoms with Gasteiger partial charge in [-0.05, 0) is 18.4 Å². The molecule has 9 N–H and O–H groups in total. The van der Waals surface area contributed by atoms with E-state index in [1.807, 2.05) is 0 Å². The molecule has 0 spiro atoms. The van der Waals surface area contributed by atoms with Crippen molar-refractivity contribution >= 4 is 47.3 Å². The van der Waals surface area contributed by atoms with Crippen molar-refractivity contribution in [1.82, 2.24) is 16.0 Å². The summed E-state index contributed by atoms with van der Waals surface area (Å²) in [6.45, 7) is -0.657. The van der Waals surface area contributed by atoms with Crippen molar-refractivity contribution in [3.05, 3.63) is 0 Å². The van der Waals surface area contributed by atoms with Crippen molar-refractivity contribution in [2.75, 3.05) is 18.6 Å². The van der Waals surface area contributed by atoms with Crippen molar-refractivity contribution in [2.24, 2.45) is 11.5 Å². The Labute approximate surface area is 170 Å². The highest BCUT2D eigenvalue weighted by atomic mass is 32.2. The van der Waals surface area contributed by atoms with E-state index in [4.69, 9.17) is 21.7 Å². The molecule has 3 unspecified atom stereocenters. The van der Waals surface area contributed by atoms with Gasteiger partial charge in [-0.2, -0.15) is 11.8 Å². The quantitative estimate of drug-likeness (QED) is 0.143. The normalized spacial score (nSPS) is 13.4. The standard InChI is InChI=1S/C15H25N5O8S/c1-29-3-2-8(14(27)18-6-12(24)25)19-15(28)9(5-10(17)21)20-13(26)7(16)4-11(22)23/h7-9H,2-6,16H2,1H3,(H2,17,21)(H,18,27)(H,19,28)(H,20,26)(H,22,23)(H,24,25). The maximum absolute atomic E-state index is 12.5. The lowest BCUT2D eigenvalue weighted by molar-refractivity contribution is -0.140. The van der Waals surface area contributed by atoms with Crippen molar-refractivity contribution in [3.63, 3.8) is 0 Å². The average molecular weight is 435 g/mol. The first-order valence-electron chi connectivity index (χ1n) is 8.32. The second kappa shape index (κ2) is 13.3. The summed E-state index contributed by atoms with van der Waals surface area (Å²) in [6.07, 6.45) is 0.580. The Hall–Kier alpha value is -2.87. The Morgan fingerprint density at radius 2 is 1.48 bits per heavy atom. The van der Waals surface area contributed by atoms with Crippen molar-refractivity contribution in [2.45, 2.75) is 37.4 Å². The van der Waals surface area contributed by atoms with Gasteiger partial charge in [0.15, 0.2) is 0 Å². The Balaban J connectivity index is 5.22. The van der Waals surface area contributed by atoms with Gasteiger partial charge in [-0.3, -0.25) is 28.8 Å². The summed E-state index contributed by atoms with van der Waals surface area (Å²) in [4.78, 5) is 69.0. The van der Waals surface area contributed by atoms with E-state index in [0.29, 0.717) is 5.75 Å². The van der Waals surface area contributed by atoms with Crippen LogP contribution in [0.5, 0.6) is 0 Å². The second-order valence-electron chi connectivity index (χ2n) is 5.89. The maximum Gasteiger partial charge on any atom is 0.322 e. The number of nitrogens with one attached hydrogen (secondary N) is 3. The van der Waals surface area contributed by atoms with Gasteiger partial charge in [-0.15, -0.1) is 0 Å². The number of amides is 4. The lowest BCUT2D eigenvalue weighted by Gasteiger charge is -2.23. The molecule has 4 amide bonds. The van der Waals surface area contributed by atoms with Gasteiger partial charge < -0.3 is 37.6 Å². The van der Waals surface area contributed by atoms with Crippen LogP contribution in [0.1, 0.15) is 19.3 Å². The van der Waals surface area contributed by atoms with E-state index >= 15 is 0 Å². The molecule has 0 aromatic heterocycles. The maximum atomic E-state index is 12.5. The number of rotatable bonds is 14. The summed E-state index contributed by atoms with van der Waals surface area (Å²) in [5.41, 5.74) is 10.5. The van der Waals surface area contributed by atoms with Gasteiger partial charge in [0.05, 0.1) is 18.9 Å². The molecule has 0 aliphatic heterocycles. The zero-order valence-corrected chi connectivity index (χ0v) is 16.5. The summed E-state index contributed by atoms with van der Waals surface area (Å²) in [5.74, 6) is -5.80. The van der Waals surface area contributed by atoms with Crippen LogP contribution in [-0.4, -0.2) is 82.5 Å². The number of thioether (sulfide) groups is 1. The van der Waals surface area contributed by atoms with E-state index in [-0.39, 0.29) is 6.42 Å². The molecule has 0 saturated carbocycles. The molecular weight excluding hydrogens is 410 g/mol. The monoisotopic (exact) mass is 435 g/mol. The fourth-order valence-electron chi connectivity index (χ4n) is 2.03. The number of carbonyl (C=O) groups excluding carboxylic acids is 4. The molecule has 164 valence electrons. The Morgan fingerprint density at radius 3 is 1.97 bits per heavy atom. The van der Waals surface area contributed by atoms with Crippen molar-refractivity contribution in [1.29, 1.82) is 0 Å². The first-order chi connectivity index (χ1) is 13.5. The molecule has 0 aromatic carbocycles.